The Bertz CT molecular complexity index is 1130. The lowest BCUT2D eigenvalue weighted by molar-refractivity contribution is 0.0997. The Kier molecular flexibility index (Phi) is 6.18. The van der Waals surface area contributed by atoms with Crippen molar-refractivity contribution in [2.24, 2.45) is 0 Å². The maximum Gasteiger partial charge on any atom is 0.328 e. The molecule has 32 heavy (non-hydrogen) atoms. The van der Waals surface area contributed by atoms with Gasteiger partial charge in [-0.15, -0.1) is 0 Å². The molecule has 0 atom stereocenters. The smallest absolute Gasteiger partial charge is 0.328 e. The van der Waals surface area contributed by atoms with Crippen LogP contribution < -0.4 is 19.7 Å². The number of carbonyl (C=O) groups excluding carboxylic acids is 2. The molecule has 3 aromatic rings. The zero-order valence-electron chi connectivity index (χ0n) is 17.5. The third-order valence-electron chi connectivity index (χ3n) is 4.97. The zero-order chi connectivity index (χ0) is 22.7. The lowest BCUT2D eigenvalue weighted by Gasteiger charge is -2.16. The van der Waals surface area contributed by atoms with E-state index in [1.807, 2.05) is 12.1 Å². The number of methoxy groups -OCH3 is 2. The second kappa shape index (κ2) is 9.19. The first-order chi connectivity index (χ1) is 15.5. The van der Waals surface area contributed by atoms with Crippen molar-refractivity contribution in [1.29, 1.82) is 0 Å². The number of benzene rings is 2. The summed E-state index contributed by atoms with van der Waals surface area (Å²) in [5.41, 5.74) is 1.46. The van der Waals surface area contributed by atoms with Gasteiger partial charge in [-0.2, -0.15) is 0 Å². The molecule has 3 amide bonds. The van der Waals surface area contributed by atoms with E-state index < -0.39 is 5.91 Å². The van der Waals surface area contributed by atoms with E-state index in [-0.39, 0.29) is 17.8 Å². The van der Waals surface area contributed by atoms with Gasteiger partial charge in [-0.25, -0.2) is 14.7 Å². The van der Waals surface area contributed by atoms with Crippen molar-refractivity contribution in [2.45, 2.75) is 6.54 Å². The Morgan fingerprint density at radius 3 is 2.59 bits per heavy atom. The van der Waals surface area contributed by atoms with Crippen LogP contribution in [0.1, 0.15) is 16.1 Å². The van der Waals surface area contributed by atoms with Gasteiger partial charge in [0.2, 0.25) is 5.76 Å². The van der Waals surface area contributed by atoms with Crippen LogP contribution in [0, 0.1) is 0 Å². The number of ether oxygens (including phenoxy) is 2. The zero-order valence-corrected chi connectivity index (χ0v) is 18.3. The third-order valence-corrected chi connectivity index (χ3v) is 5.22. The normalized spacial score (nSPS) is 13.4. The van der Waals surface area contributed by atoms with Crippen LogP contribution in [0.15, 0.2) is 53.1 Å². The van der Waals surface area contributed by atoms with E-state index in [1.54, 1.807) is 35.2 Å². The Labute approximate surface area is 189 Å². The highest BCUT2D eigenvalue weighted by Crippen LogP contribution is 2.30. The molecule has 0 saturated carbocycles. The first-order valence-corrected chi connectivity index (χ1v) is 10.2. The molecular weight excluding hydrogens is 436 g/mol. The lowest BCUT2D eigenvalue weighted by atomic mass is 10.2. The quantitative estimate of drug-likeness (QED) is 0.576. The topological polar surface area (TPSA) is 97.1 Å². The summed E-state index contributed by atoms with van der Waals surface area (Å²) in [5, 5.41) is 3.35. The molecule has 1 aromatic heterocycles. The highest BCUT2D eigenvalue weighted by molar-refractivity contribution is 6.30. The summed E-state index contributed by atoms with van der Waals surface area (Å²) in [7, 11) is 3.04. The number of halogens is 1. The standard InChI is InChI=1S/C22H21ClN4O5/c1-30-17-8-7-16(11-18(17)31-2)25-20(28)19-12-24-21(32-19)27-10-9-26(22(27)29)13-14-3-5-15(23)6-4-14/h3-8,11-12H,9-10,13H2,1-2H3,(H,25,28). The molecule has 2 aromatic carbocycles. The lowest BCUT2D eigenvalue weighted by Crippen LogP contribution is -2.31. The number of carbonyl (C=O) groups is 2. The van der Waals surface area contributed by atoms with Crippen molar-refractivity contribution in [1.82, 2.24) is 9.88 Å². The Hall–Kier alpha value is -3.72. The second-order valence-electron chi connectivity index (χ2n) is 7.01. The van der Waals surface area contributed by atoms with Crippen molar-refractivity contribution in [3.63, 3.8) is 0 Å². The molecule has 1 aliphatic heterocycles. The average Bonchev–Trinajstić information content (AvgIpc) is 3.42. The summed E-state index contributed by atoms with van der Waals surface area (Å²) >= 11 is 5.91. The maximum atomic E-state index is 12.8. The highest BCUT2D eigenvalue weighted by atomic mass is 35.5. The molecule has 1 saturated heterocycles. The van der Waals surface area contributed by atoms with E-state index in [9.17, 15) is 9.59 Å². The van der Waals surface area contributed by atoms with Crippen LogP contribution in [0.4, 0.5) is 16.5 Å². The van der Waals surface area contributed by atoms with Crippen LogP contribution in [0.3, 0.4) is 0 Å². The fraction of sp³-hybridized carbons (Fsp3) is 0.227. The van der Waals surface area contributed by atoms with Gasteiger partial charge in [0.15, 0.2) is 11.5 Å². The van der Waals surface area contributed by atoms with Gasteiger partial charge in [-0.3, -0.25) is 4.79 Å². The Morgan fingerprint density at radius 1 is 1.12 bits per heavy atom. The molecule has 0 bridgehead atoms. The van der Waals surface area contributed by atoms with Crippen LogP contribution in [-0.4, -0.2) is 49.1 Å². The Balaban J connectivity index is 1.41. The molecule has 9 nitrogen and oxygen atoms in total. The summed E-state index contributed by atoms with van der Waals surface area (Å²) < 4.78 is 16.0. The van der Waals surface area contributed by atoms with Crippen molar-refractivity contribution < 1.29 is 23.5 Å². The number of anilines is 2. The van der Waals surface area contributed by atoms with E-state index in [0.717, 1.165) is 5.56 Å². The van der Waals surface area contributed by atoms with Gasteiger partial charge < -0.3 is 24.1 Å². The molecule has 1 N–H and O–H groups in total. The number of hydrogen-bond donors (Lipinski definition) is 1. The van der Waals surface area contributed by atoms with Crippen molar-refractivity contribution >= 4 is 35.2 Å². The van der Waals surface area contributed by atoms with E-state index in [0.29, 0.717) is 41.8 Å². The minimum absolute atomic E-state index is 0.0151. The molecule has 0 radical (unpaired) electrons. The summed E-state index contributed by atoms with van der Waals surface area (Å²) in [4.78, 5) is 32.5. The van der Waals surface area contributed by atoms with E-state index in [4.69, 9.17) is 25.5 Å². The number of aromatic nitrogens is 1. The molecule has 166 valence electrons. The number of rotatable bonds is 7. The Morgan fingerprint density at radius 2 is 1.88 bits per heavy atom. The third kappa shape index (κ3) is 4.47. The molecule has 0 aliphatic carbocycles. The predicted octanol–water partition coefficient (Wildman–Crippen LogP) is 4.04. The van der Waals surface area contributed by atoms with Gasteiger partial charge >= 0.3 is 12.0 Å². The van der Waals surface area contributed by atoms with E-state index in [2.05, 4.69) is 10.3 Å². The monoisotopic (exact) mass is 456 g/mol. The molecule has 4 rings (SSSR count). The first kappa shape index (κ1) is 21.5. The van der Waals surface area contributed by atoms with Gasteiger partial charge in [0, 0.05) is 36.4 Å². The fourth-order valence-corrected chi connectivity index (χ4v) is 3.44. The largest absolute Gasteiger partial charge is 0.493 e. The summed E-state index contributed by atoms with van der Waals surface area (Å²) in [6.45, 7) is 1.36. The number of oxazole rings is 1. The molecule has 2 heterocycles. The summed E-state index contributed by atoms with van der Waals surface area (Å²) in [6.07, 6.45) is 1.29. The van der Waals surface area contributed by atoms with Crippen LogP contribution in [0.5, 0.6) is 11.5 Å². The minimum Gasteiger partial charge on any atom is -0.493 e. The molecule has 0 spiro atoms. The summed E-state index contributed by atoms with van der Waals surface area (Å²) in [5.74, 6) is 0.509. The van der Waals surface area contributed by atoms with Gasteiger partial charge in [-0.05, 0) is 29.8 Å². The van der Waals surface area contributed by atoms with Gasteiger partial charge in [0.25, 0.3) is 5.91 Å². The number of urea groups is 1. The number of nitrogens with one attached hydrogen (secondary N) is 1. The molecule has 0 unspecified atom stereocenters. The van der Waals surface area contributed by atoms with E-state index in [1.165, 1.54) is 25.3 Å². The van der Waals surface area contributed by atoms with E-state index >= 15 is 0 Å². The van der Waals surface area contributed by atoms with Crippen LogP contribution >= 0.6 is 11.6 Å². The van der Waals surface area contributed by atoms with Crippen LogP contribution in [0.2, 0.25) is 5.02 Å². The molecule has 10 heteroatoms. The number of hydrogen-bond acceptors (Lipinski definition) is 6. The van der Waals surface area contributed by atoms with Gasteiger partial charge in [0.1, 0.15) is 0 Å². The highest BCUT2D eigenvalue weighted by Gasteiger charge is 2.33. The summed E-state index contributed by atoms with van der Waals surface area (Å²) in [6, 6.07) is 12.1. The van der Waals surface area contributed by atoms with Crippen LogP contribution in [0.25, 0.3) is 0 Å². The number of amides is 3. The second-order valence-corrected chi connectivity index (χ2v) is 7.45. The first-order valence-electron chi connectivity index (χ1n) is 9.78. The van der Waals surface area contributed by atoms with Crippen LogP contribution in [-0.2, 0) is 6.54 Å². The molecule has 1 fully saturated rings. The van der Waals surface area contributed by atoms with Crippen molar-refractivity contribution in [2.75, 3.05) is 37.5 Å². The minimum atomic E-state index is -0.499. The van der Waals surface area contributed by atoms with Crippen molar-refractivity contribution in [3.8, 4) is 11.5 Å². The maximum absolute atomic E-state index is 12.8. The van der Waals surface area contributed by atoms with Gasteiger partial charge in [-0.1, -0.05) is 23.7 Å². The fourth-order valence-electron chi connectivity index (χ4n) is 3.32. The average molecular weight is 457 g/mol. The molecular formula is C22H21ClN4O5. The number of nitrogens with zero attached hydrogens (tertiary/aromatic N) is 3. The molecule has 1 aliphatic rings. The van der Waals surface area contributed by atoms with Crippen molar-refractivity contribution in [3.05, 3.63) is 65.0 Å². The predicted molar refractivity (Wildman–Crippen MR) is 119 cm³/mol. The van der Waals surface area contributed by atoms with Gasteiger partial charge in [0.05, 0.1) is 20.4 Å². The SMILES string of the molecule is COc1ccc(NC(=O)c2cnc(N3CCN(Cc4ccc(Cl)cc4)C3=O)o2)cc1OC.